The van der Waals surface area contributed by atoms with Gasteiger partial charge in [-0.25, -0.2) is 0 Å². The molecule has 2 aromatic rings. The van der Waals surface area contributed by atoms with Crippen molar-refractivity contribution in [2.75, 3.05) is 0 Å². The summed E-state index contributed by atoms with van der Waals surface area (Å²) in [6.45, 7) is 0. The molecule has 0 bridgehead atoms. The van der Waals surface area contributed by atoms with Crippen molar-refractivity contribution in [2.24, 2.45) is 0 Å². The third-order valence-electron chi connectivity index (χ3n) is 1.97. The summed E-state index contributed by atoms with van der Waals surface area (Å²) in [6, 6.07) is 5.49. The maximum Gasteiger partial charge on any atom is 0.152 e. The molecular formula is C10H4ClNOS. The Kier molecular flexibility index (Phi) is 2.24. The normalized spacial score (nSPS) is 10.0. The molecule has 1 aromatic carbocycles. The lowest BCUT2D eigenvalue weighted by atomic mass is 10.1. The molecule has 68 valence electrons. The van der Waals surface area contributed by atoms with Crippen LogP contribution in [0.5, 0.6) is 0 Å². The number of carbonyl (C=O) groups is 1. The number of thiophene rings is 1. The molecule has 0 fully saturated rings. The fraction of sp³-hybridized carbons (Fsp3) is 0. The van der Waals surface area contributed by atoms with E-state index in [0.717, 1.165) is 10.1 Å². The zero-order valence-corrected chi connectivity index (χ0v) is 8.52. The SMILES string of the molecule is N#Cc1cc2sccc2c(Cl)c1C=O. The second-order valence-electron chi connectivity index (χ2n) is 2.71. The highest BCUT2D eigenvalue weighted by Gasteiger charge is 2.11. The zero-order chi connectivity index (χ0) is 10.1. The predicted octanol–water partition coefficient (Wildman–Crippen LogP) is 3.24. The Balaban J connectivity index is 2.94. The Labute approximate surface area is 89.3 Å². The predicted molar refractivity (Wildman–Crippen MR) is 56.9 cm³/mol. The summed E-state index contributed by atoms with van der Waals surface area (Å²) in [5.74, 6) is 0. The Morgan fingerprint density at radius 2 is 2.36 bits per heavy atom. The van der Waals surface area contributed by atoms with Crippen LogP contribution in [0.3, 0.4) is 0 Å². The molecule has 0 unspecified atom stereocenters. The molecule has 2 nitrogen and oxygen atoms in total. The lowest BCUT2D eigenvalue weighted by molar-refractivity contribution is 0.112. The quantitative estimate of drug-likeness (QED) is 0.694. The lowest BCUT2D eigenvalue weighted by Crippen LogP contribution is -1.88. The van der Waals surface area contributed by atoms with Crippen LogP contribution in [-0.4, -0.2) is 6.29 Å². The second-order valence-corrected chi connectivity index (χ2v) is 4.04. The lowest BCUT2D eigenvalue weighted by Gasteiger charge is -2.00. The van der Waals surface area contributed by atoms with E-state index in [4.69, 9.17) is 16.9 Å². The molecule has 0 amide bonds. The number of aldehydes is 1. The number of halogens is 1. The minimum Gasteiger partial charge on any atom is -0.298 e. The number of hydrogen-bond acceptors (Lipinski definition) is 3. The van der Waals surface area contributed by atoms with Crippen molar-refractivity contribution < 1.29 is 4.79 Å². The van der Waals surface area contributed by atoms with E-state index in [-0.39, 0.29) is 5.56 Å². The van der Waals surface area contributed by atoms with E-state index in [1.54, 1.807) is 6.07 Å². The summed E-state index contributed by atoms with van der Waals surface area (Å²) in [5, 5.41) is 11.9. The molecule has 4 heteroatoms. The molecule has 0 aliphatic carbocycles. The molecule has 14 heavy (non-hydrogen) atoms. The van der Waals surface area contributed by atoms with Crippen molar-refractivity contribution in [1.82, 2.24) is 0 Å². The Hall–Kier alpha value is -1.37. The number of benzene rings is 1. The van der Waals surface area contributed by atoms with Crippen LogP contribution in [0, 0.1) is 11.3 Å². The molecule has 0 aliphatic rings. The third kappa shape index (κ3) is 1.20. The Morgan fingerprint density at radius 3 is 3.00 bits per heavy atom. The van der Waals surface area contributed by atoms with Crippen LogP contribution < -0.4 is 0 Å². The average molecular weight is 222 g/mol. The van der Waals surface area contributed by atoms with Crippen molar-refractivity contribution in [3.05, 3.63) is 33.7 Å². The fourth-order valence-electron chi connectivity index (χ4n) is 1.29. The smallest absolute Gasteiger partial charge is 0.152 e. The fourth-order valence-corrected chi connectivity index (χ4v) is 2.49. The van der Waals surface area contributed by atoms with Crippen molar-refractivity contribution >= 4 is 39.3 Å². The molecule has 0 radical (unpaired) electrons. The van der Waals surface area contributed by atoms with E-state index in [1.807, 2.05) is 17.5 Å². The molecule has 0 N–H and O–H groups in total. The summed E-state index contributed by atoms with van der Waals surface area (Å²) in [5.41, 5.74) is 0.611. The van der Waals surface area contributed by atoms with Gasteiger partial charge in [0.25, 0.3) is 0 Å². The molecule has 1 aromatic heterocycles. The van der Waals surface area contributed by atoms with Crippen LogP contribution >= 0.6 is 22.9 Å². The average Bonchev–Trinajstić information content (AvgIpc) is 2.65. The van der Waals surface area contributed by atoms with Gasteiger partial charge in [0.05, 0.1) is 22.2 Å². The number of hydrogen-bond donors (Lipinski definition) is 0. The number of nitriles is 1. The Bertz CT molecular complexity index is 553. The van der Waals surface area contributed by atoms with Gasteiger partial charge < -0.3 is 0 Å². The topological polar surface area (TPSA) is 40.9 Å². The van der Waals surface area contributed by atoms with Gasteiger partial charge in [-0.05, 0) is 17.5 Å². The number of fused-ring (bicyclic) bond motifs is 1. The van der Waals surface area contributed by atoms with Crippen LogP contribution in [0.25, 0.3) is 10.1 Å². The zero-order valence-electron chi connectivity index (χ0n) is 6.95. The van der Waals surface area contributed by atoms with Gasteiger partial charge in [-0.1, -0.05) is 11.6 Å². The maximum atomic E-state index is 10.7. The van der Waals surface area contributed by atoms with Crippen LogP contribution in [0.15, 0.2) is 17.5 Å². The van der Waals surface area contributed by atoms with Crippen LogP contribution in [0.1, 0.15) is 15.9 Å². The van der Waals surface area contributed by atoms with Gasteiger partial charge >= 0.3 is 0 Å². The van der Waals surface area contributed by atoms with Crippen molar-refractivity contribution in [3.8, 4) is 6.07 Å². The summed E-state index contributed by atoms with van der Waals surface area (Å²) < 4.78 is 0.928. The van der Waals surface area contributed by atoms with Gasteiger partial charge in [-0.2, -0.15) is 5.26 Å². The largest absolute Gasteiger partial charge is 0.298 e. The van der Waals surface area contributed by atoms with Crippen molar-refractivity contribution in [1.29, 1.82) is 5.26 Å². The molecule has 0 saturated heterocycles. The standard InChI is InChI=1S/C10H4ClNOS/c11-10-7-1-2-14-9(7)3-6(4-12)8(10)5-13/h1-3,5H. The highest BCUT2D eigenvalue weighted by molar-refractivity contribution is 7.17. The van der Waals surface area contributed by atoms with E-state index in [1.165, 1.54) is 11.3 Å². The number of carbonyl (C=O) groups excluding carboxylic acids is 1. The van der Waals surface area contributed by atoms with Crippen molar-refractivity contribution in [2.45, 2.75) is 0 Å². The maximum absolute atomic E-state index is 10.7. The molecule has 0 spiro atoms. The van der Waals surface area contributed by atoms with E-state index >= 15 is 0 Å². The van der Waals surface area contributed by atoms with Gasteiger partial charge in [0.2, 0.25) is 0 Å². The monoisotopic (exact) mass is 221 g/mol. The highest BCUT2D eigenvalue weighted by atomic mass is 35.5. The van der Waals surface area contributed by atoms with Gasteiger partial charge in [-0.15, -0.1) is 11.3 Å². The first-order valence-corrected chi connectivity index (χ1v) is 5.08. The first-order chi connectivity index (χ1) is 6.77. The number of rotatable bonds is 1. The first kappa shape index (κ1) is 9.20. The summed E-state index contributed by atoms with van der Waals surface area (Å²) in [4.78, 5) is 10.7. The molecule has 2 rings (SSSR count). The van der Waals surface area contributed by atoms with Gasteiger partial charge in [0.15, 0.2) is 6.29 Å². The highest BCUT2D eigenvalue weighted by Crippen LogP contribution is 2.32. The molecular weight excluding hydrogens is 218 g/mol. The van der Waals surface area contributed by atoms with Crippen LogP contribution in [0.4, 0.5) is 0 Å². The van der Waals surface area contributed by atoms with Crippen molar-refractivity contribution in [3.63, 3.8) is 0 Å². The summed E-state index contributed by atoms with van der Waals surface area (Å²) in [7, 11) is 0. The van der Waals surface area contributed by atoms with Gasteiger partial charge in [0.1, 0.15) is 0 Å². The van der Waals surface area contributed by atoms with Crippen LogP contribution in [-0.2, 0) is 0 Å². The first-order valence-electron chi connectivity index (χ1n) is 3.83. The Morgan fingerprint density at radius 1 is 1.57 bits per heavy atom. The van der Waals surface area contributed by atoms with Gasteiger partial charge in [-0.3, -0.25) is 4.79 Å². The second kappa shape index (κ2) is 3.41. The van der Waals surface area contributed by atoms with E-state index in [9.17, 15) is 4.79 Å². The van der Waals surface area contributed by atoms with Gasteiger partial charge in [0, 0.05) is 10.1 Å². The molecule has 0 aliphatic heterocycles. The molecule has 1 heterocycles. The van der Waals surface area contributed by atoms with Crippen LogP contribution in [0.2, 0.25) is 5.02 Å². The summed E-state index contributed by atoms with van der Waals surface area (Å²) >= 11 is 7.49. The third-order valence-corrected chi connectivity index (χ3v) is 3.24. The summed E-state index contributed by atoms with van der Waals surface area (Å²) in [6.07, 6.45) is 0.623. The molecule has 0 atom stereocenters. The van der Waals surface area contributed by atoms with E-state index in [0.29, 0.717) is 16.9 Å². The van der Waals surface area contributed by atoms with E-state index < -0.39 is 0 Å². The minimum absolute atomic E-state index is 0.278. The minimum atomic E-state index is 0.278. The number of nitrogens with zero attached hydrogens (tertiary/aromatic N) is 1. The molecule has 0 saturated carbocycles. The van der Waals surface area contributed by atoms with E-state index in [2.05, 4.69) is 0 Å².